The average Bonchev–Trinajstić information content (AvgIpc) is 3.26. The van der Waals surface area contributed by atoms with Crippen molar-refractivity contribution in [3.8, 4) is 0 Å². The third kappa shape index (κ3) is 3.98. The van der Waals surface area contributed by atoms with Gasteiger partial charge in [0.15, 0.2) is 0 Å². The summed E-state index contributed by atoms with van der Waals surface area (Å²) in [6.07, 6.45) is -1.47. The molecule has 1 aromatic rings. The van der Waals surface area contributed by atoms with Gasteiger partial charge in [0.1, 0.15) is 11.6 Å². The summed E-state index contributed by atoms with van der Waals surface area (Å²) in [6.45, 7) is 4.54. The van der Waals surface area contributed by atoms with Crippen molar-refractivity contribution < 1.29 is 13.2 Å². The van der Waals surface area contributed by atoms with Crippen LogP contribution in [0.25, 0.3) is 0 Å². The zero-order valence-electron chi connectivity index (χ0n) is 12.5. The summed E-state index contributed by atoms with van der Waals surface area (Å²) in [4.78, 5) is 9.08. The van der Waals surface area contributed by atoms with Gasteiger partial charge in [-0.3, -0.25) is 0 Å². The van der Waals surface area contributed by atoms with Gasteiger partial charge in [-0.05, 0) is 32.1 Å². The van der Waals surface area contributed by atoms with Gasteiger partial charge in [0.05, 0.1) is 0 Å². The fraction of sp³-hybridized carbons (Fsp3) is 0.714. The molecule has 1 N–H and O–H groups in total. The van der Waals surface area contributed by atoms with Gasteiger partial charge in [-0.25, -0.2) is 9.97 Å². The van der Waals surface area contributed by atoms with Crippen LogP contribution in [0.1, 0.15) is 38.9 Å². The fourth-order valence-electron chi connectivity index (χ4n) is 2.19. The normalized spacial score (nSPS) is 16.7. The molecule has 0 bridgehead atoms. The van der Waals surface area contributed by atoms with Gasteiger partial charge in [0.2, 0.25) is 5.82 Å². The van der Waals surface area contributed by atoms with Crippen molar-refractivity contribution in [2.75, 3.05) is 23.8 Å². The highest BCUT2D eigenvalue weighted by molar-refractivity contribution is 5.50. The molecule has 1 atom stereocenters. The van der Waals surface area contributed by atoms with Crippen LogP contribution >= 0.6 is 0 Å². The Morgan fingerprint density at radius 3 is 2.57 bits per heavy atom. The second-order valence-electron chi connectivity index (χ2n) is 5.55. The standard InChI is InChI=1S/C14H21F3N4/c1-4-7-18-11-8-12(20-13(19-11)14(15,16)17)21(3)9(2)10-5-6-10/h8-10H,4-7H2,1-3H3,(H,18,19,20). The molecular formula is C14H21F3N4. The van der Waals surface area contributed by atoms with Crippen LogP contribution in [0, 0.1) is 5.92 Å². The first-order valence-corrected chi connectivity index (χ1v) is 7.26. The summed E-state index contributed by atoms with van der Waals surface area (Å²) < 4.78 is 38.8. The van der Waals surface area contributed by atoms with Crippen LogP contribution in [-0.2, 0) is 6.18 Å². The highest BCUT2D eigenvalue weighted by Gasteiger charge is 2.37. The first-order valence-electron chi connectivity index (χ1n) is 7.26. The monoisotopic (exact) mass is 302 g/mol. The van der Waals surface area contributed by atoms with Crippen molar-refractivity contribution in [1.82, 2.24) is 9.97 Å². The molecule has 0 spiro atoms. The van der Waals surface area contributed by atoms with Crippen molar-refractivity contribution >= 4 is 11.6 Å². The molecule has 1 unspecified atom stereocenters. The minimum absolute atomic E-state index is 0.181. The van der Waals surface area contributed by atoms with Gasteiger partial charge in [0.25, 0.3) is 0 Å². The summed E-state index contributed by atoms with van der Waals surface area (Å²) in [5, 5.41) is 2.91. The van der Waals surface area contributed by atoms with Crippen LogP contribution in [0.3, 0.4) is 0 Å². The Hall–Kier alpha value is -1.53. The minimum Gasteiger partial charge on any atom is -0.370 e. The smallest absolute Gasteiger partial charge is 0.370 e. The van der Waals surface area contributed by atoms with Crippen LogP contribution in [0.2, 0.25) is 0 Å². The molecule has 21 heavy (non-hydrogen) atoms. The molecule has 0 saturated heterocycles. The number of halogens is 3. The minimum atomic E-state index is -4.54. The van der Waals surface area contributed by atoms with Crippen LogP contribution < -0.4 is 10.2 Å². The van der Waals surface area contributed by atoms with E-state index in [2.05, 4.69) is 15.3 Å². The quantitative estimate of drug-likeness (QED) is 0.872. The van der Waals surface area contributed by atoms with E-state index in [-0.39, 0.29) is 11.9 Å². The van der Waals surface area contributed by atoms with E-state index in [1.54, 1.807) is 13.1 Å². The lowest BCUT2D eigenvalue weighted by Gasteiger charge is -2.26. The Kier molecular flexibility index (Phi) is 4.58. The Bertz CT molecular complexity index is 486. The molecule has 1 aliphatic rings. The lowest BCUT2D eigenvalue weighted by Crippen LogP contribution is -2.32. The molecule has 2 rings (SSSR count). The summed E-state index contributed by atoms with van der Waals surface area (Å²) in [5.74, 6) is -0.000784. The largest absolute Gasteiger partial charge is 0.451 e. The molecule has 1 aromatic heterocycles. The molecule has 1 heterocycles. The van der Waals surface area contributed by atoms with Gasteiger partial charge >= 0.3 is 6.18 Å². The van der Waals surface area contributed by atoms with E-state index >= 15 is 0 Å². The first-order chi connectivity index (χ1) is 9.82. The molecule has 1 saturated carbocycles. The Balaban J connectivity index is 2.29. The van der Waals surface area contributed by atoms with Crippen molar-refractivity contribution in [2.45, 2.75) is 45.3 Å². The average molecular weight is 302 g/mol. The number of nitrogens with zero attached hydrogens (tertiary/aromatic N) is 3. The number of nitrogens with one attached hydrogen (secondary N) is 1. The van der Waals surface area contributed by atoms with Gasteiger partial charge < -0.3 is 10.2 Å². The highest BCUT2D eigenvalue weighted by Crippen LogP contribution is 2.37. The molecular weight excluding hydrogens is 281 g/mol. The van der Waals surface area contributed by atoms with Crippen LogP contribution in [0.15, 0.2) is 6.07 Å². The second kappa shape index (κ2) is 6.07. The molecule has 7 heteroatoms. The SMILES string of the molecule is CCCNc1cc(N(C)C(C)C2CC2)nc(C(F)(F)F)n1. The molecule has 1 fully saturated rings. The lowest BCUT2D eigenvalue weighted by atomic mass is 10.2. The number of hydrogen-bond donors (Lipinski definition) is 1. The van der Waals surface area contributed by atoms with E-state index in [1.807, 2.05) is 18.7 Å². The summed E-state index contributed by atoms with van der Waals surface area (Å²) in [6, 6.07) is 1.77. The third-order valence-corrected chi connectivity index (χ3v) is 3.80. The molecule has 0 aromatic carbocycles. The lowest BCUT2D eigenvalue weighted by molar-refractivity contribution is -0.144. The molecule has 0 radical (unpaired) electrons. The van der Waals surface area contributed by atoms with Crippen LogP contribution in [0.5, 0.6) is 0 Å². The van der Waals surface area contributed by atoms with E-state index in [1.165, 1.54) is 0 Å². The maximum atomic E-state index is 12.9. The summed E-state index contributed by atoms with van der Waals surface area (Å²) >= 11 is 0. The molecule has 1 aliphatic carbocycles. The number of rotatable bonds is 6. The summed E-state index contributed by atoms with van der Waals surface area (Å²) in [5.41, 5.74) is 0. The second-order valence-corrected chi connectivity index (χ2v) is 5.55. The van der Waals surface area contributed by atoms with E-state index in [0.29, 0.717) is 18.3 Å². The van der Waals surface area contributed by atoms with Crippen molar-refractivity contribution in [3.63, 3.8) is 0 Å². The topological polar surface area (TPSA) is 41.0 Å². The molecule has 118 valence electrons. The van der Waals surface area contributed by atoms with E-state index < -0.39 is 12.0 Å². The Morgan fingerprint density at radius 1 is 1.38 bits per heavy atom. The maximum Gasteiger partial charge on any atom is 0.451 e. The van der Waals surface area contributed by atoms with E-state index in [0.717, 1.165) is 19.3 Å². The molecule has 4 nitrogen and oxygen atoms in total. The van der Waals surface area contributed by atoms with E-state index in [4.69, 9.17) is 0 Å². The van der Waals surface area contributed by atoms with Gasteiger partial charge in [0, 0.05) is 25.7 Å². The number of hydrogen-bond acceptors (Lipinski definition) is 4. The van der Waals surface area contributed by atoms with Crippen LogP contribution in [-0.4, -0.2) is 29.6 Å². The first kappa shape index (κ1) is 15.9. The predicted octanol–water partition coefficient (Wildman–Crippen LogP) is 3.55. The molecule has 0 aliphatic heterocycles. The maximum absolute atomic E-state index is 12.9. The Morgan fingerprint density at radius 2 is 2.05 bits per heavy atom. The van der Waals surface area contributed by atoms with Gasteiger partial charge in [-0.1, -0.05) is 6.92 Å². The van der Waals surface area contributed by atoms with Gasteiger partial charge in [-0.2, -0.15) is 13.2 Å². The van der Waals surface area contributed by atoms with Crippen molar-refractivity contribution in [2.24, 2.45) is 5.92 Å². The predicted molar refractivity (Wildman–Crippen MR) is 76.4 cm³/mol. The van der Waals surface area contributed by atoms with Gasteiger partial charge in [-0.15, -0.1) is 0 Å². The number of anilines is 2. The zero-order valence-corrected chi connectivity index (χ0v) is 12.5. The molecule has 0 amide bonds. The van der Waals surface area contributed by atoms with Crippen molar-refractivity contribution in [1.29, 1.82) is 0 Å². The summed E-state index contributed by atoms with van der Waals surface area (Å²) in [7, 11) is 1.79. The highest BCUT2D eigenvalue weighted by atomic mass is 19.4. The zero-order chi connectivity index (χ0) is 15.6. The third-order valence-electron chi connectivity index (χ3n) is 3.80. The van der Waals surface area contributed by atoms with Crippen molar-refractivity contribution in [3.05, 3.63) is 11.9 Å². The fourth-order valence-corrected chi connectivity index (χ4v) is 2.19. The Labute approximate surface area is 122 Å². The van der Waals surface area contributed by atoms with E-state index in [9.17, 15) is 13.2 Å². The number of alkyl halides is 3. The van der Waals surface area contributed by atoms with Crippen LogP contribution in [0.4, 0.5) is 24.8 Å². The number of aromatic nitrogens is 2.